The number of hydrogen-bond acceptors (Lipinski definition) is 2. The van der Waals surface area contributed by atoms with E-state index in [0.29, 0.717) is 4.77 Å². The van der Waals surface area contributed by atoms with Crippen molar-refractivity contribution in [2.24, 2.45) is 0 Å². The number of H-pyrrole nitrogens is 1. The molecule has 0 aliphatic heterocycles. The Bertz CT molecular complexity index is 615. The number of hydrogen-bond donors (Lipinski definition) is 1. The van der Waals surface area contributed by atoms with Crippen LogP contribution in [0.5, 0.6) is 0 Å². The predicted octanol–water partition coefficient (Wildman–Crippen LogP) is 4.02. The van der Waals surface area contributed by atoms with Crippen molar-refractivity contribution in [3.8, 4) is 0 Å². The third-order valence-corrected chi connectivity index (χ3v) is 3.67. The van der Waals surface area contributed by atoms with Gasteiger partial charge in [0.2, 0.25) is 0 Å². The fourth-order valence-corrected chi connectivity index (χ4v) is 2.73. The van der Waals surface area contributed by atoms with Gasteiger partial charge < -0.3 is 0 Å². The number of aromatic nitrogens is 3. The molecule has 1 N–H and O–H groups in total. The Hall–Kier alpha value is -1.42. The summed E-state index contributed by atoms with van der Waals surface area (Å²) in [4.78, 5) is 0. The van der Waals surface area contributed by atoms with Crippen LogP contribution < -0.4 is 0 Å². The maximum Gasteiger partial charge on any atom is 0.195 e. The molecule has 102 valence electrons. The monoisotopic (exact) mass is 275 g/mol. The first-order valence-corrected chi connectivity index (χ1v) is 6.89. The minimum atomic E-state index is -0.192. The van der Waals surface area contributed by atoms with E-state index in [2.05, 4.69) is 73.6 Å². The minimum absolute atomic E-state index is 0.0918. The molecule has 1 heterocycles. The molecule has 0 amide bonds. The van der Waals surface area contributed by atoms with Crippen LogP contribution >= 0.6 is 12.2 Å². The predicted molar refractivity (Wildman–Crippen MR) is 81.0 cm³/mol. The van der Waals surface area contributed by atoms with Crippen molar-refractivity contribution in [2.75, 3.05) is 0 Å². The van der Waals surface area contributed by atoms with Gasteiger partial charge in [0, 0.05) is 11.0 Å². The number of nitrogens with zero attached hydrogens (tertiary/aromatic N) is 2. The van der Waals surface area contributed by atoms with E-state index in [-0.39, 0.29) is 11.0 Å². The third-order valence-electron chi connectivity index (χ3n) is 3.40. The Balaban J connectivity index is 2.63. The molecule has 0 spiro atoms. The topological polar surface area (TPSA) is 33.6 Å². The first-order valence-electron chi connectivity index (χ1n) is 6.48. The van der Waals surface area contributed by atoms with Crippen molar-refractivity contribution < 1.29 is 0 Å². The highest BCUT2D eigenvalue weighted by molar-refractivity contribution is 7.71. The molecule has 0 bridgehead atoms. The molecule has 0 atom stereocenters. The standard InChI is InChI=1S/C15H21N3S/c1-14(2,3)18-12(16-17-13(18)19)15(4,5)11-9-7-6-8-10-11/h6-10H,1-5H3,(H,17,19). The molecule has 3 nitrogen and oxygen atoms in total. The van der Waals surface area contributed by atoms with Crippen LogP contribution in [0.2, 0.25) is 0 Å². The largest absolute Gasteiger partial charge is 0.298 e. The van der Waals surface area contributed by atoms with Gasteiger partial charge in [0.05, 0.1) is 0 Å². The number of benzene rings is 1. The van der Waals surface area contributed by atoms with Gasteiger partial charge in [-0.3, -0.25) is 9.67 Å². The first kappa shape index (κ1) is 14.0. The molecule has 2 aromatic rings. The van der Waals surface area contributed by atoms with E-state index in [9.17, 15) is 0 Å². The summed E-state index contributed by atoms with van der Waals surface area (Å²) in [6.45, 7) is 10.8. The zero-order chi connectivity index (χ0) is 14.3. The molecule has 2 rings (SSSR count). The van der Waals surface area contributed by atoms with Crippen LogP contribution in [0.3, 0.4) is 0 Å². The van der Waals surface area contributed by atoms with Gasteiger partial charge >= 0.3 is 0 Å². The summed E-state index contributed by atoms with van der Waals surface area (Å²) in [5, 5.41) is 7.41. The summed E-state index contributed by atoms with van der Waals surface area (Å²) in [7, 11) is 0. The zero-order valence-electron chi connectivity index (χ0n) is 12.2. The van der Waals surface area contributed by atoms with E-state index in [1.54, 1.807) is 0 Å². The average Bonchev–Trinajstić information content (AvgIpc) is 2.73. The van der Waals surface area contributed by atoms with Crippen LogP contribution in [0.15, 0.2) is 30.3 Å². The third kappa shape index (κ3) is 2.50. The average molecular weight is 275 g/mol. The van der Waals surface area contributed by atoms with Crippen LogP contribution in [0.4, 0.5) is 0 Å². The summed E-state index contributed by atoms with van der Waals surface area (Å²) >= 11 is 5.38. The molecule has 0 aliphatic carbocycles. The van der Waals surface area contributed by atoms with Gasteiger partial charge in [0.1, 0.15) is 5.82 Å². The van der Waals surface area contributed by atoms with Crippen LogP contribution in [0, 0.1) is 4.77 Å². The van der Waals surface area contributed by atoms with Crippen molar-refractivity contribution >= 4 is 12.2 Å². The highest BCUT2D eigenvalue weighted by Gasteiger charge is 2.32. The lowest BCUT2D eigenvalue weighted by molar-refractivity contribution is 0.357. The van der Waals surface area contributed by atoms with Gasteiger partial charge in [-0.05, 0) is 52.4 Å². The zero-order valence-corrected chi connectivity index (χ0v) is 13.0. The minimum Gasteiger partial charge on any atom is -0.298 e. The van der Waals surface area contributed by atoms with E-state index < -0.39 is 0 Å². The van der Waals surface area contributed by atoms with Gasteiger partial charge in [0.25, 0.3) is 0 Å². The molecule has 19 heavy (non-hydrogen) atoms. The second kappa shape index (κ2) is 4.60. The second-order valence-corrected chi connectivity index (χ2v) is 6.74. The summed E-state index contributed by atoms with van der Waals surface area (Å²) < 4.78 is 2.78. The van der Waals surface area contributed by atoms with Gasteiger partial charge in [-0.1, -0.05) is 30.3 Å². The lowest BCUT2D eigenvalue weighted by Gasteiger charge is -2.30. The Morgan fingerprint density at radius 3 is 2.16 bits per heavy atom. The highest BCUT2D eigenvalue weighted by Crippen LogP contribution is 2.32. The number of nitrogens with one attached hydrogen (secondary N) is 1. The van der Waals surface area contributed by atoms with E-state index >= 15 is 0 Å². The molecule has 4 heteroatoms. The summed E-state index contributed by atoms with van der Waals surface area (Å²) in [5.41, 5.74) is 0.947. The fraction of sp³-hybridized carbons (Fsp3) is 0.467. The Morgan fingerprint density at radius 1 is 1.05 bits per heavy atom. The Kier molecular flexibility index (Phi) is 3.39. The van der Waals surface area contributed by atoms with Crippen molar-refractivity contribution in [3.05, 3.63) is 46.5 Å². The second-order valence-electron chi connectivity index (χ2n) is 6.35. The first-order chi connectivity index (χ1) is 8.74. The van der Waals surface area contributed by atoms with Crippen molar-refractivity contribution in [2.45, 2.75) is 45.6 Å². The molecule has 1 aromatic carbocycles. The van der Waals surface area contributed by atoms with E-state index in [1.165, 1.54) is 5.56 Å². The van der Waals surface area contributed by atoms with Crippen LogP contribution in [-0.4, -0.2) is 14.8 Å². The molecule has 0 radical (unpaired) electrons. The van der Waals surface area contributed by atoms with Gasteiger partial charge in [-0.2, -0.15) is 5.10 Å². The summed E-state index contributed by atoms with van der Waals surface area (Å²) in [6, 6.07) is 10.4. The Morgan fingerprint density at radius 2 is 1.63 bits per heavy atom. The van der Waals surface area contributed by atoms with Crippen LogP contribution in [0.1, 0.15) is 46.0 Å². The molecule has 0 unspecified atom stereocenters. The fourth-order valence-electron chi connectivity index (χ4n) is 2.32. The molecule has 0 saturated carbocycles. The molecular formula is C15H21N3S. The normalized spacial score (nSPS) is 12.7. The molecule has 1 aromatic heterocycles. The van der Waals surface area contributed by atoms with Crippen molar-refractivity contribution in [3.63, 3.8) is 0 Å². The number of rotatable bonds is 2. The molecular weight excluding hydrogens is 254 g/mol. The van der Waals surface area contributed by atoms with E-state index in [0.717, 1.165) is 5.82 Å². The summed E-state index contributed by atoms with van der Waals surface area (Å²) in [5.74, 6) is 0.969. The van der Waals surface area contributed by atoms with E-state index in [4.69, 9.17) is 12.2 Å². The lowest BCUT2D eigenvalue weighted by atomic mass is 9.83. The summed E-state index contributed by atoms with van der Waals surface area (Å²) in [6.07, 6.45) is 0. The molecule has 0 saturated heterocycles. The maximum absolute atomic E-state index is 5.38. The van der Waals surface area contributed by atoms with Gasteiger partial charge in [0.15, 0.2) is 4.77 Å². The molecule has 0 fully saturated rings. The Labute approximate surface area is 119 Å². The van der Waals surface area contributed by atoms with Crippen LogP contribution in [-0.2, 0) is 11.0 Å². The van der Waals surface area contributed by atoms with Crippen LogP contribution in [0.25, 0.3) is 0 Å². The van der Waals surface area contributed by atoms with Gasteiger partial charge in [-0.25, -0.2) is 0 Å². The van der Waals surface area contributed by atoms with E-state index in [1.807, 2.05) is 6.07 Å². The highest BCUT2D eigenvalue weighted by atomic mass is 32.1. The maximum atomic E-state index is 5.38. The van der Waals surface area contributed by atoms with Crippen molar-refractivity contribution in [1.29, 1.82) is 0 Å². The quantitative estimate of drug-likeness (QED) is 0.840. The van der Waals surface area contributed by atoms with Crippen molar-refractivity contribution in [1.82, 2.24) is 14.8 Å². The molecule has 0 aliphatic rings. The lowest BCUT2D eigenvalue weighted by Crippen LogP contribution is -2.32. The number of aromatic amines is 1. The smallest absolute Gasteiger partial charge is 0.195 e. The SMILES string of the molecule is CC(C)(c1ccccc1)c1n[nH]c(=S)n1C(C)(C)C. The van der Waals surface area contributed by atoms with Gasteiger partial charge in [-0.15, -0.1) is 0 Å².